The van der Waals surface area contributed by atoms with Gasteiger partial charge in [-0.2, -0.15) is 0 Å². The van der Waals surface area contributed by atoms with Gasteiger partial charge >= 0.3 is 0 Å². The third-order valence-electron chi connectivity index (χ3n) is 4.44. The Morgan fingerprint density at radius 2 is 2.14 bits per heavy atom. The van der Waals surface area contributed by atoms with E-state index in [1.807, 2.05) is 6.92 Å². The van der Waals surface area contributed by atoms with Crippen molar-refractivity contribution < 1.29 is 4.39 Å². The zero-order valence-electron chi connectivity index (χ0n) is 13.1. The van der Waals surface area contributed by atoms with Crippen molar-refractivity contribution in [1.82, 2.24) is 5.32 Å². The first-order chi connectivity index (χ1) is 10.3. The molecular weight excluding hydrogens is 281 g/mol. The molecule has 6 heteroatoms. The molecule has 5 nitrogen and oxygen atoms in total. The van der Waals surface area contributed by atoms with Gasteiger partial charge in [0.2, 0.25) is 5.79 Å². The summed E-state index contributed by atoms with van der Waals surface area (Å²) in [6.45, 7) is 5.57. The van der Waals surface area contributed by atoms with E-state index in [1.54, 1.807) is 0 Å². The highest BCUT2D eigenvalue weighted by Gasteiger charge is 2.46. The number of guanidine groups is 1. The van der Waals surface area contributed by atoms with Crippen LogP contribution in [0.5, 0.6) is 0 Å². The molecule has 118 valence electrons. The fourth-order valence-corrected chi connectivity index (χ4v) is 3.53. The van der Waals surface area contributed by atoms with E-state index >= 15 is 0 Å². The van der Waals surface area contributed by atoms with Crippen molar-refractivity contribution in [3.63, 3.8) is 0 Å². The molecule has 0 bridgehead atoms. The van der Waals surface area contributed by atoms with E-state index in [0.717, 1.165) is 17.5 Å². The summed E-state index contributed by atoms with van der Waals surface area (Å²) in [7, 11) is 0. The number of fused-ring (bicyclic) bond motifs is 1. The lowest BCUT2D eigenvalue weighted by Gasteiger charge is -2.35. The van der Waals surface area contributed by atoms with Gasteiger partial charge in [0, 0.05) is 5.92 Å². The summed E-state index contributed by atoms with van der Waals surface area (Å²) in [4.78, 5) is 8.68. The van der Waals surface area contributed by atoms with Gasteiger partial charge < -0.3 is 11.1 Å². The molecule has 0 saturated heterocycles. The summed E-state index contributed by atoms with van der Waals surface area (Å²) in [5.41, 5.74) is 15.8. The van der Waals surface area contributed by atoms with Crippen LogP contribution in [-0.4, -0.2) is 23.8 Å². The fourth-order valence-electron chi connectivity index (χ4n) is 3.53. The molecule has 1 aliphatic heterocycles. The number of aliphatic imine (C=N–C) groups is 2. The average molecular weight is 303 g/mol. The lowest BCUT2D eigenvalue weighted by molar-refractivity contribution is 0.301. The van der Waals surface area contributed by atoms with Gasteiger partial charge in [0.05, 0.1) is 0 Å². The maximum Gasteiger partial charge on any atom is 0.214 e. The molecular formula is C16H22FN5. The number of benzene rings is 1. The predicted octanol–water partition coefficient (Wildman–Crippen LogP) is 1.56. The Morgan fingerprint density at radius 1 is 1.41 bits per heavy atom. The molecule has 0 radical (unpaired) electrons. The average Bonchev–Trinajstić information content (AvgIpc) is 2.73. The molecule has 0 saturated carbocycles. The molecule has 1 aliphatic carbocycles. The Kier molecular flexibility index (Phi) is 3.44. The number of amidine groups is 1. The maximum atomic E-state index is 13.7. The number of nitrogens with one attached hydrogen (secondary N) is 1. The molecule has 22 heavy (non-hydrogen) atoms. The Balaban J connectivity index is 2.10. The molecule has 1 heterocycles. The summed E-state index contributed by atoms with van der Waals surface area (Å²) in [5, 5.41) is 2.67. The summed E-state index contributed by atoms with van der Waals surface area (Å²) in [6, 6.07) is 6.34. The molecule has 0 fully saturated rings. The first-order valence-electron chi connectivity index (χ1n) is 7.54. The SMILES string of the molecule is Cc1ccc2c(c1)[C@H](C1(N)N=C(N)NC(C(C)F)=N1)[C@@H](C)C2. The quantitative estimate of drug-likeness (QED) is 0.774. The highest BCUT2D eigenvalue weighted by molar-refractivity contribution is 6.02. The third kappa shape index (κ3) is 2.37. The monoisotopic (exact) mass is 303 g/mol. The highest BCUT2D eigenvalue weighted by atomic mass is 19.1. The van der Waals surface area contributed by atoms with Crippen LogP contribution in [0.15, 0.2) is 28.2 Å². The second-order valence-corrected chi connectivity index (χ2v) is 6.38. The van der Waals surface area contributed by atoms with Crippen LogP contribution in [0.1, 0.15) is 36.5 Å². The zero-order chi connectivity index (χ0) is 16.1. The minimum absolute atomic E-state index is 0.114. The topological polar surface area (TPSA) is 88.8 Å². The third-order valence-corrected chi connectivity index (χ3v) is 4.44. The number of halogens is 1. The van der Waals surface area contributed by atoms with Crippen molar-refractivity contribution in [2.24, 2.45) is 27.4 Å². The summed E-state index contributed by atoms with van der Waals surface area (Å²) < 4.78 is 13.7. The van der Waals surface area contributed by atoms with Gasteiger partial charge in [0.1, 0.15) is 5.84 Å². The first kappa shape index (κ1) is 15.0. The Hall–Kier alpha value is -1.95. The number of rotatable bonds is 2. The molecule has 0 spiro atoms. The van der Waals surface area contributed by atoms with Gasteiger partial charge in [0.25, 0.3) is 0 Å². The summed E-state index contributed by atoms with van der Waals surface area (Å²) in [5.74, 6) is -0.856. The molecule has 1 aromatic rings. The largest absolute Gasteiger partial charge is 0.370 e. The van der Waals surface area contributed by atoms with Gasteiger partial charge in [0.15, 0.2) is 12.1 Å². The highest BCUT2D eigenvalue weighted by Crippen LogP contribution is 2.45. The van der Waals surface area contributed by atoms with E-state index in [0.29, 0.717) is 0 Å². The minimum Gasteiger partial charge on any atom is -0.370 e. The summed E-state index contributed by atoms with van der Waals surface area (Å²) in [6.07, 6.45) is -0.358. The molecule has 3 rings (SSSR count). The van der Waals surface area contributed by atoms with Crippen molar-refractivity contribution in [2.45, 2.75) is 45.1 Å². The van der Waals surface area contributed by atoms with Gasteiger partial charge in [-0.3, -0.25) is 5.73 Å². The smallest absolute Gasteiger partial charge is 0.214 e. The van der Waals surface area contributed by atoms with Crippen LogP contribution in [0.25, 0.3) is 0 Å². The summed E-state index contributed by atoms with van der Waals surface area (Å²) >= 11 is 0. The fraction of sp³-hybridized carbons (Fsp3) is 0.500. The van der Waals surface area contributed by atoms with Crippen LogP contribution < -0.4 is 16.8 Å². The molecule has 4 atom stereocenters. The van der Waals surface area contributed by atoms with Gasteiger partial charge in [-0.1, -0.05) is 30.7 Å². The Labute approximate surface area is 129 Å². The van der Waals surface area contributed by atoms with Crippen LogP contribution >= 0.6 is 0 Å². The lowest BCUT2D eigenvalue weighted by Crippen LogP contribution is -2.55. The number of alkyl halides is 1. The van der Waals surface area contributed by atoms with Crippen molar-refractivity contribution in [2.75, 3.05) is 0 Å². The number of aryl methyl sites for hydroxylation is 1. The molecule has 2 aliphatic rings. The van der Waals surface area contributed by atoms with Crippen molar-refractivity contribution in [3.05, 3.63) is 34.9 Å². The minimum atomic E-state index is -1.27. The molecule has 0 aromatic heterocycles. The molecule has 2 unspecified atom stereocenters. The van der Waals surface area contributed by atoms with Crippen molar-refractivity contribution >= 4 is 11.8 Å². The van der Waals surface area contributed by atoms with Crippen LogP contribution in [0.4, 0.5) is 4.39 Å². The van der Waals surface area contributed by atoms with E-state index in [1.165, 1.54) is 12.5 Å². The molecule has 0 amide bonds. The van der Waals surface area contributed by atoms with Crippen LogP contribution in [0.2, 0.25) is 0 Å². The standard InChI is InChI=1S/C16H22FN5/c1-8-4-5-11-7-9(2)13(12(11)6-8)16(19)21-14(10(3)17)20-15(18)22-16/h4-6,9-10,13H,7,19H2,1-3H3,(H3,18,20,21,22)/t9-,10?,13+,16?/m0/s1. The number of nitrogens with two attached hydrogens (primary N) is 2. The number of hydrogen-bond acceptors (Lipinski definition) is 5. The van der Waals surface area contributed by atoms with Crippen molar-refractivity contribution in [1.29, 1.82) is 0 Å². The van der Waals surface area contributed by atoms with E-state index in [-0.39, 0.29) is 23.6 Å². The number of hydrogen-bond donors (Lipinski definition) is 3. The normalized spacial score (nSPS) is 31.9. The van der Waals surface area contributed by atoms with Crippen molar-refractivity contribution in [3.8, 4) is 0 Å². The zero-order valence-corrected chi connectivity index (χ0v) is 13.1. The first-order valence-corrected chi connectivity index (χ1v) is 7.54. The van der Waals surface area contributed by atoms with Gasteiger partial charge in [-0.05, 0) is 37.3 Å². The van der Waals surface area contributed by atoms with E-state index in [4.69, 9.17) is 11.5 Å². The Bertz CT molecular complexity index is 667. The maximum absolute atomic E-state index is 13.7. The number of nitrogens with zero attached hydrogens (tertiary/aromatic N) is 2. The predicted molar refractivity (Wildman–Crippen MR) is 86.5 cm³/mol. The second kappa shape index (κ2) is 5.05. The Morgan fingerprint density at radius 3 is 2.82 bits per heavy atom. The molecule has 5 N–H and O–H groups in total. The molecule has 1 aromatic carbocycles. The van der Waals surface area contributed by atoms with Crippen LogP contribution in [-0.2, 0) is 6.42 Å². The van der Waals surface area contributed by atoms with E-state index in [2.05, 4.69) is 40.4 Å². The lowest BCUT2D eigenvalue weighted by atomic mass is 9.87. The van der Waals surface area contributed by atoms with Gasteiger partial charge in [-0.25, -0.2) is 14.4 Å². The van der Waals surface area contributed by atoms with E-state index < -0.39 is 12.0 Å². The van der Waals surface area contributed by atoms with Crippen LogP contribution in [0.3, 0.4) is 0 Å². The van der Waals surface area contributed by atoms with Gasteiger partial charge in [-0.15, -0.1) is 0 Å². The van der Waals surface area contributed by atoms with E-state index in [9.17, 15) is 4.39 Å². The van der Waals surface area contributed by atoms with Crippen LogP contribution in [0, 0.1) is 12.8 Å². The second-order valence-electron chi connectivity index (χ2n) is 6.38.